The SMILES string of the molecule is O=c1[nH]c2ccc(OCCN3CCN(c4ccc(Cl)cc4)CC3)cc2[nH]1. The molecule has 6 nitrogen and oxygen atoms in total. The summed E-state index contributed by atoms with van der Waals surface area (Å²) in [5.41, 5.74) is 2.58. The molecule has 136 valence electrons. The highest BCUT2D eigenvalue weighted by Gasteiger charge is 2.17. The van der Waals surface area contributed by atoms with Crippen LogP contribution in [0.2, 0.25) is 5.02 Å². The zero-order valence-corrected chi connectivity index (χ0v) is 15.1. The number of hydrogen-bond donors (Lipinski definition) is 2. The summed E-state index contributed by atoms with van der Waals surface area (Å²) in [4.78, 5) is 21.6. The van der Waals surface area contributed by atoms with Gasteiger partial charge < -0.3 is 19.6 Å². The predicted octanol–water partition coefficient (Wildman–Crippen LogP) is 2.71. The zero-order chi connectivity index (χ0) is 17.9. The minimum absolute atomic E-state index is 0.198. The second-order valence-corrected chi connectivity index (χ2v) is 6.88. The van der Waals surface area contributed by atoms with E-state index in [2.05, 4.69) is 31.9 Å². The number of fused-ring (bicyclic) bond motifs is 1. The lowest BCUT2D eigenvalue weighted by Gasteiger charge is -2.36. The summed E-state index contributed by atoms with van der Waals surface area (Å²) >= 11 is 5.96. The van der Waals surface area contributed by atoms with Crippen molar-refractivity contribution in [2.24, 2.45) is 0 Å². The number of nitrogens with zero attached hydrogens (tertiary/aromatic N) is 2. The van der Waals surface area contributed by atoms with Crippen molar-refractivity contribution in [2.75, 3.05) is 44.2 Å². The van der Waals surface area contributed by atoms with Crippen LogP contribution in [0.5, 0.6) is 5.75 Å². The van der Waals surface area contributed by atoms with E-state index in [1.54, 1.807) is 0 Å². The minimum atomic E-state index is -0.198. The number of hydrogen-bond acceptors (Lipinski definition) is 4. The highest BCUT2D eigenvalue weighted by atomic mass is 35.5. The number of rotatable bonds is 5. The lowest BCUT2D eigenvalue weighted by molar-refractivity contribution is 0.200. The van der Waals surface area contributed by atoms with Crippen LogP contribution in [-0.2, 0) is 0 Å². The molecule has 1 aliphatic rings. The number of imidazole rings is 1. The summed E-state index contributed by atoms with van der Waals surface area (Å²) in [6.45, 7) is 5.53. The van der Waals surface area contributed by atoms with Gasteiger partial charge in [0, 0.05) is 49.5 Å². The van der Waals surface area contributed by atoms with Crippen LogP contribution in [0.1, 0.15) is 0 Å². The number of halogens is 1. The van der Waals surface area contributed by atoms with Gasteiger partial charge in [0.15, 0.2) is 0 Å². The molecule has 0 radical (unpaired) electrons. The Morgan fingerprint density at radius 2 is 1.69 bits per heavy atom. The van der Waals surface area contributed by atoms with Crippen molar-refractivity contribution < 1.29 is 4.74 Å². The van der Waals surface area contributed by atoms with E-state index in [0.29, 0.717) is 6.61 Å². The maximum absolute atomic E-state index is 11.3. The van der Waals surface area contributed by atoms with Crippen molar-refractivity contribution in [3.63, 3.8) is 0 Å². The normalized spacial score (nSPS) is 15.5. The van der Waals surface area contributed by atoms with Crippen molar-refractivity contribution in [1.29, 1.82) is 0 Å². The molecule has 7 heteroatoms. The summed E-state index contributed by atoms with van der Waals surface area (Å²) in [5.74, 6) is 0.771. The Kier molecular flexibility index (Phi) is 4.86. The van der Waals surface area contributed by atoms with Crippen LogP contribution < -0.4 is 15.3 Å². The van der Waals surface area contributed by atoms with Gasteiger partial charge in [-0.2, -0.15) is 0 Å². The molecule has 1 fully saturated rings. The third-order valence-electron chi connectivity index (χ3n) is 4.73. The van der Waals surface area contributed by atoms with Gasteiger partial charge in [-0.1, -0.05) is 11.6 Å². The second-order valence-electron chi connectivity index (χ2n) is 6.44. The first-order chi connectivity index (χ1) is 12.7. The van der Waals surface area contributed by atoms with Gasteiger partial charge >= 0.3 is 5.69 Å². The molecule has 3 aromatic rings. The monoisotopic (exact) mass is 372 g/mol. The fraction of sp³-hybridized carbons (Fsp3) is 0.316. The van der Waals surface area contributed by atoms with Gasteiger partial charge in [0.2, 0.25) is 0 Å². The molecule has 2 aromatic carbocycles. The Morgan fingerprint density at radius 3 is 2.46 bits per heavy atom. The lowest BCUT2D eigenvalue weighted by atomic mass is 10.2. The minimum Gasteiger partial charge on any atom is -0.492 e. The third kappa shape index (κ3) is 3.86. The number of anilines is 1. The first kappa shape index (κ1) is 17.0. The van der Waals surface area contributed by atoms with Gasteiger partial charge in [-0.05, 0) is 36.4 Å². The van der Waals surface area contributed by atoms with Crippen LogP contribution in [-0.4, -0.2) is 54.2 Å². The van der Waals surface area contributed by atoms with Crippen LogP contribution in [0.15, 0.2) is 47.3 Å². The Bertz CT molecular complexity index is 927. The third-order valence-corrected chi connectivity index (χ3v) is 4.98. The molecule has 1 saturated heterocycles. The highest BCUT2D eigenvalue weighted by Crippen LogP contribution is 2.20. The molecule has 1 aliphatic heterocycles. The standard InChI is InChI=1S/C19H21ClN4O2/c20-14-1-3-15(4-2-14)24-9-7-23(8-10-24)11-12-26-16-5-6-17-18(13-16)22-19(25)21-17/h1-6,13H,7-12H2,(H2,21,22,25). The molecule has 0 unspecified atom stereocenters. The molecule has 2 heterocycles. The zero-order valence-electron chi connectivity index (χ0n) is 14.4. The average Bonchev–Trinajstić information content (AvgIpc) is 3.02. The fourth-order valence-corrected chi connectivity index (χ4v) is 3.40. The van der Waals surface area contributed by atoms with E-state index in [9.17, 15) is 4.79 Å². The van der Waals surface area contributed by atoms with Gasteiger partial charge in [-0.25, -0.2) is 4.79 Å². The van der Waals surface area contributed by atoms with E-state index in [-0.39, 0.29) is 5.69 Å². The van der Waals surface area contributed by atoms with E-state index in [1.165, 1.54) is 5.69 Å². The highest BCUT2D eigenvalue weighted by molar-refractivity contribution is 6.30. The molecule has 1 aromatic heterocycles. The Hall–Kier alpha value is -2.44. The van der Waals surface area contributed by atoms with Gasteiger partial charge in [-0.15, -0.1) is 0 Å². The quantitative estimate of drug-likeness (QED) is 0.722. The van der Waals surface area contributed by atoms with Crippen LogP contribution >= 0.6 is 11.6 Å². The van der Waals surface area contributed by atoms with E-state index in [1.807, 2.05) is 30.3 Å². The summed E-state index contributed by atoms with van der Waals surface area (Å²) in [6.07, 6.45) is 0. The van der Waals surface area contributed by atoms with Crippen molar-refractivity contribution in [3.8, 4) is 5.75 Å². The number of ether oxygens (including phenoxy) is 1. The van der Waals surface area contributed by atoms with Crippen molar-refractivity contribution in [1.82, 2.24) is 14.9 Å². The van der Waals surface area contributed by atoms with E-state index < -0.39 is 0 Å². The van der Waals surface area contributed by atoms with Gasteiger partial charge in [-0.3, -0.25) is 4.90 Å². The summed E-state index contributed by atoms with van der Waals surface area (Å²) < 4.78 is 5.84. The molecule has 0 spiro atoms. The number of aromatic amines is 2. The van der Waals surface area contributed by atoms with Crippen LogP contribution in [0.25, 0.3) is 11.0 Å². The first-order valence-corrected chi connectivity index (χ1v) is 9.13. The van der Waals surface area contributed by atoms with Crippen molar-refractivity contribution in [3.05, 3.63) is 58.0 Å². The lowest BCUT2D eigenvalue weighted by Crippen LogP contribution is -2.47. The van der Waals surface area contributed by atoms with E-state index in [0.717, 1.165) is 54.5 Å². The second kappa shape index (κ2) is 7.43. The fourth-order valence-electron chi connectivity index (χ4n) is 3.28. The molecule has 2 N–H and O–H groups in total. The van der Waals surface area contributed by atoms with E-state index >= 15 is 0 Å². The largest absolute Gasteiger partial charge is 0.492 e. The average molecular weight is 373 g/mol. The number of aromatic nitrogens is 2. The maximum Gasteiger partial charge on any atom is 0.323 e. The van der Waals surface area contributed by atoms with Gasteiger partial charge in [0.05, 0.1) is 11.0 Å². The topological polar surface area (TPSA) is 64.4 Å². The summed E-state index contributed by atoms with van der Waals surface area (Å²) in [6, 6.07) is 13.6. The maximum atomic E-state index is 11.3. The molecule has 0 amide bonds. The smallest absolute Gasteiger partial charge is 0.323 e. The Balaban J connectivity index is 1.25. The number of H-pyrrole nitrogens is 2. The Labute approximate surface area is 156 Å². The summed E-state index contributed by atoms with van der Waals surface area (Å²) in [7, 11) is 0. The van der Waals surface area contributed by atoms with Crippen molar-refractivity contribution in [2.45, 2.75) is 0 Å². The van der Waals surface area contributed by atoms with Crippen LogP contribution in [0.4, 0.5) is 5.69 Å². The van der Waals surface area contributed by atoms with Crippen LogP contribution in [0, 0.1) is 0 Å². The van der Waals surface area contributed by atoms with Crippen LogP contribution in [0.3, 0.4) is 0 Å². The molecule has 4 rings (SSSR count). The van der Waals surface area contributed by atoms with Gasteiger partial charge in [0.25, 0.3) is 0 Å². The van der Waals surface area contributed by atoms with E-state index in [4.69, 9.17) is 16.3 Å². The molecular weight excluding hydrogens is 352 g/mol. The number of benzene rings is 2. The summed E-state index contributed by atoms with van der Waals surface area (Å²) in [5, 5.41) is 0.770. The molecule has 0 saturated carbocycles. The Morgan fingerprint density at radius 1 is 0.962 bits per heavy atom. The molecule has 0 bridgehead atoms. The number of piperazine rings is 1. The first-order valence-electron chi connectivity index (χ1n) is 8.75. The molecule has 0 aliphatic carbocycles. The van der Waals surface area contributed by atoms with Gasteiger partial charge in [0.1, 0.15) is 12.4 Å². The molecular formula is C19H21ClN4O2. The number of nitrogens with one attached hydrogen (secondary N) is 2. The predicted molar refractivity (Wildman–Crippen MR) is 105 cm³/mol. The van der Waals surface area contributed by atoms with Crippen molar-refractivity contribution >= 4 is 28.3 Å². The molecule has 26 heavy (non-hydrogen) atoms. The molecule has 0 atom stereocenters.